The zero-order chi connectivity index (χ0) is 8.55. The fourth-order valence-corrected chi connectivity index (χ4v) is 2.76. The molecular formula is C10H20N2. The van der Waals surface area contributed by atoms with Crippen molar-refractivity contribution in [3.63, 3.8) is 0 Å². The SMILES string of the molecule is CCN1CCCC2C1CN2CC. The summed E-state index contributed by atoms with van der Waals surface area (Å²) in [5.41, 5.74) is 0. The molecule has 0 aromatic rings. The van der Waals surface area contributed by atoms with Crippen LogP contribution in [0.15, 0.2) is 0 Å². The topological polar surface area (TPSA) is 6.48 Å². The van der Waals surface area contributed by atoms with Gasteiger partial charge in [0.25, 0.3) is 0 Å². The molecule has 2 saturated heterocycles. The van der Waals surface area contributed by atoms with Crippen LogP contribution in [-0.2, 0) is 0 Å². The van der Waals surface area contributed by atoms with Crippen molar-refractivity contribution in [1.82, 2.24) is 9.80 Å². The second kappa shape index (κ2) is 3.35. The predicted molar refractivity (Wildman–Crippen MR) is 51.3 cm³/mol. The fourth-order valence-electron chi connectivity index (χ4n) is 2.76. The Bertz CT molecular complexity index is 158. The number of rotatable bonds is 2. The van der Waals surface area contributed by atoms with Gasteiger partial charge in [0.2, 0.25) is 0 Å². The Kier molecular flexibility index (Phi) is 2.37. The van der Waals surface area contributed by atoms with Crippen molar-refractivity contribution in [2.45, 2.75) is 38.8 Å². The number of likely N-dealkylation sites (N-methyl/N-ethyl adjacent to an activating group) is 2. The van der Waals surface area contributed by atoms with Crippen LogP contribution in [0.25, 0.3) is 0 Å². The average Bonchev–Trinajstić information content (AvgIpc) is 2.07. The van der Waals surface area contributed by atoms with Crippen molar-refractivity contribution in [2.24, 2.45) is 0 Å². The lowest BCUT2D eigenvalue weighted by atomic mass is 9.87. The molecule has 12 heavy (non-hydrogen) atoms. The fraction of sp³-hybridized carbons (Fsp3) is 1.00. The maximum absolute atomic E-state index is 2.65. The molecule has 0 spiro atoms. The summed E-state index contributed by atoms with van der Waals surface area (Å²) >= 11 is 0. The van der Waals surface area contributed by atoms with Crippen LogP contribution in [0.5, 0.6) is 0 Å². The molecule has 0 N–H and O–H groups in total. The van der Waals surface area contributed by atoms with E-state index in [0.717, 1.165) is 12.1 Å². The third-order valence-corrected chi connectivity index (χ3v) is 3.56. The number of piperidine rings is 1. The normalized spacial score (nSPS) is 37.5. The van der Waals surface area contributed by atoms with E-state index in [9.17, 15) is 0 Å². The zero-order valence-corrected chi connectivity index (χ0v) is 8.29. The van der Waals surface area contributed by atoms with Gasteiger partial charge in [-0.15, -0.1) is 0 Å². The second-order valence-corrected chi connectivity index (χ2v) is 3.99. The summed E-state index contributed by atoms with van der Waals surface area (Å²) in [4.78, 5) is 5.27. The molecule has 0 aliphatic carbocycles. The molecule has 0 radical (unpaired) electrons. The first-order valence-corrected chi connectivity index (χ1v) is 5.35. The van der Waals surface area contributed by atoms with Gasteiger partial charge in [-0.2, -0.15) is 0 Å². The Labute approximate surface area is 75.5 Å². The number of fused-ring (bicyclic) bond motifs is 1. The zero-order valence-electron chi connectivity index (χ0n) is 8.29. The van der Waals surface area contributed by atoms with Gasteiger partial charge in [0, 0.05) is 18.6 Å². The van der Waals surface area contributed by atoms with Crippen LogP contribution in [0.2, 0.25) is 0 Å². The molecule has 2 heteroatoms. The van der Waals surface area contributed by atoms with E-state index < -0.39 is 0 Å². The standard InChI is InChI=1S/C10H20N2/c1-3-11-7-5-6-9-10(11)8-12(9)4-2/h9-10H,3-8H2,1-2H3. The molecule has 0 aromatic heterocycles. The largest absolute Gasteiger partial charge is 0.298 e. The van der Waals surface area contributed by atoms with Crippen molar-refractivity contribution in [3.05, 3.63) is 0 Å². The Balaban J connectivity index is 1.93. The summed E-state index contributed by atoms with van der Waals surface area (Å²) in [6.45, 7) is 9.74. The molecule has 2 heterocycles. The first-order chi connectivity index (χ1) is 5.86. The van der Waals surface area contributed by atoms with Crippen LogP contribution in [0.4, 0.5) is 0 Å². The van der Waals surface area contributed by atoms with E-state index in [1.807, 2.05) is 0 Å². The van der Waals surface area contributed by atoms with Crippen LogP contribution in [0.3, 0.4) is 0 Å². The van der Waals surface area contributed by atoms with E-state index in [4.69, 9.17) is 0 Å². The van der Waals surface area contributed by atoms with Crippen molar-refractivity contribution in [2.75, 3.05) is 26.2 Å². The van der Waals surface area contributed by atoms with Gasteiger partial charge < -0.3 is 0 Å². The Morgan fingerprint density at radius 2 is 1.83 bits per heavy atom. The number of likely N-dealkylation sites (tertiary alicyclic amines) is 2. The summed E-state index contributed by atoms with van der Waals surface area (Å²) in [5.74, 6) is 0. The molecule has 2 atom stereocenters. The quantitative estimate of drug-likeness (QED) is 0.611. The van der Waals surface area contributed by atoms with E-state index >= 15 is 0 Å². The molecule has 2 unspecified atom stereocenters. The molecule has 2 aliphatic heterocycles. The van der Waals surface area contributed by atoms with Gasteiger partial charge >= 0.3 is 0 Å². The number of hydrogen-bond acceptors (Lipinski definition) is 2. The van der Waals surface area contributed by atoms with Crippen LogP contribution >= 0.6 is 0 Å². The van der Waals surface area contributed by atoms with E-state index in [-0.39, 0.29) is 0 Å². The molecule has 0 aromatic carbocycles. The molecule has 2 nitrogen and oxygen atoms in total. The summed E-state index contributed by atoms with van der Waals surface area (Å²) in [7, 11) is 0. The van der Waals surface area contributed by atoms with Gasteiger partial charge in [-0.1, -0.05) is 13.8 Å². The Morgan fingerprint density at radius 3 is 2.50 bits per heavy atom. The van der Waals surface area contributed by atoms with Crippen molar-refractivity contribution in [1.29, 1.82) is 0 Å². The highest BCUT2D eigenvalue weighted by Crippen LogP contribution is 2.30. The minimum atomic E-state index is 0.906. The number of nitrogens with zero attached hydrogens (tertiary/aromatic N) is 2. The van der Waals surface area contributed by atoms with Crippen LogP contribution in [0, 0.1) is 0 Å². The predicted octanol–water partition coefficient (Wildman–Crippen LogP) is 1.17. The summed E-state index contributed by atoms with van der Waals surface area (Å²) < 4.78 is 0. The lowest BCUT2D eigenvalue weighted by Crippen LogP contribution is -2.68. The van der Waals surface area contributed by atoms with Gasteiger partial charge in [0.15, 0.2) is 0 Å². The highest BCUT2D eigenvalue weighted by molar-refractivity contribution is 5.00. The van der Waals surface area contributed by atoms with E-state index in [1.165, 1.54) is 39.0 Å². The van der Waals surface area contributed by atoms with Crippen molar-refractivity contribution < 1.29 is 0 Å². The third-order valence-electron chi connectivity index (χ3n) is 3.56. The second-order valence-electron chi connectivity index (χ2n) is 3.99. The van der Waals surface area contributed by atoms with Crippen LogP contribution in [0.1, 0.15) is 26.7 Å². The lowest BCUT2D eigenvalue weighted by molar-refractivity contribution is -0.0529. The highest BCUT2D eigenvalue weighted by atomic mass is 15.3. The van der Waals surface area contributed by atoms with Gasteiger partial charge in [0.1, 0.15) is 0 Å². The summed E-state index contributed by atoms with van der Waals surface area (Å²) in [6, 6.07) is 1.81. The molecule has 2 aliphatic rings. The maximum Gasteiger partial charge on any atom is 0.0378 e. The van der Waals surface area contributed by atoms with Crippen LogP contribution < -0.4 is 0 Å². The highest BCUT2D eigenvalue weighted by Gasteiger charge is 2.42. The molecular weight excluding hydrogens is 148 g/mol. The molecule has 2 fully saturated rings. The summed E-state index contributed by atoms with van der Waals surface area (Å²) in [6.07, 6.45) is 2.85. The van der Waals surface area contributed by atoms with Gasteiger partial charge in [-0.25, -0.2) is 0 Å². The average molecular weight is 168 g/mol. The molecule has 2 rings (SSSR count). The van der Waals surface area contributed by atoms with Gasteiger partial charge in [-0.05, 0) is 32.5 Å². The van der Waals surface area contributed by atoms with E-state index in [0.29, 0.717) is 0 Å². The van der Waals surface area contributed by atoms with Gasteiger partial charge in [0.05, 0.1) is 0 Å². The minimum absolute atomic E-state index is 0.906. The number of hydrogen-bond donors (Lipinski definition) is 0. The van der Waals surface area contributed by atoms with Crippen molar-refractivity contribution in [3.8, 4) is 0 Å². The first-order valence-electron chi connectivity index (χ1n) is 5.35. The molecule has 0 bridgehead atoms. The Morgan fingerprint density at radius 1 is 1.08 bits per heavy atom. The summed E-state index contributed by atoms with van der Waals surface area (Å²) in [5, 5.41) is 0. The monoisotopic (exact) mass is 168 g/mol. The Hall–Kier alpha value is -0.0800. The third kappa shape index (κ3) is 1.17. The molecule has 0 amide bonds. The van der Waals surface area contributed by atoms with E-state index in [2.05, 4.69) is 23.6 Å². The van der Waals surface area contributed by atoms with Gasteiger partial charge in [-0.3, -0.25) is 9.80 Å². The molecule has 0 saturated carbocycles. The first kappa shape index (κ1) is 8.52. The van der Waals surface area contributed by atoms with Crippen LogP contribution in [-0.4, -0.2) is 48.1 Å². The minimum Gasteiger partial charge on any atom is -0.298 e. The smallest absolute Gasteiger partial charge is 0.0378 e. The van der Waals surface area contributed by atoms with Crippen molar-refractivity contribution >= 4 is 0 Å². The maximum atomic E-state index is 2.65. The van der Waals surface area contributed by atoms with E-state index in [1.54, 1.807) is 0 Å². The molecule has 70 valence electrons. The lowest BCUT2D eigenvalue weighted by Gasteiger charge is -2.55.